The molecule has 1 aliphatic heterocycles. The number of benzene rings is 1. The number of anilines is 1. The van der Waals surface area contributed by atoms with Gasteiger partial charge in [0, 0.05) is 18.8 Å². The van der Waals surface area contributed by atoms with E-state index in [1.807, 2.05) is 0 Å². The van der Waals surface area contributed by atoms with Crippen LogP contribution in [0.5, 0.6) is 0 Å². The molecule has 106 valence electrons. The zero-order valence-electron chi connectivity index (χ0n) is 12.2. The first kappa shape index (κ1) is 13.5. The third kappa shape index (κ3) is 2.41. The number of likely N-dealkylation sites (N-methyl/N-ethyl adjacent to an activating group) is 1. The van der Waals surface area contributed by atoms with Crippen LogP contribution in [0.15, 0.2) is 24.3 Å². The molecule has 0 spiro atoms. The number of hydrogen-bond donors (Lipinski definition) is 1. The Morgan fingerprint density at radius 3 is 2.90 bits per heavy atom. The zero-order chi connectivity index (χ0) is 14.0. The summed E-state index contributed by atoms with van der Waals surface area (Å²) in [6.45, 7) is 4.84. The molecule has 1 heterocycles. The molecule has 1 atom stereocenters. The third-order valence-electron chi connectivity index (χ3n) is 4.61. The molecular formula is C17H23N3. The maximum atomic E-state index is 9.76. The number of hydrogen-bond acceptors (Lipinski definition) is 3. The van der Waals surface area contributed by atoms with Gasteiger partial charge in [-0.1, -0.05) is 25.1 Å². The van der Waals surface area contributed by atoms with Gasteiger partial charge >= 0.3 is 0 Å². The van der Waals surface area contributed by atoms with E-state index in [4.69, 9.17) is 0 Å². The number of nitriles is 1. The number of fused-ring (bicyclic) bond motifs is 1. The summed E-state index contributed by atoms with van der Waals surface area (Å²) < 4.78 is 0. The first-order chi connectivity index (χ1) is 9.79. The minimum Gasteiger partial charge on any atom is -0.368 e. The van der Waals surface area contributed by atoms with Crippen LogP contribution in [0.1, 0.15) is 31.7 Å². The molecule has 20 heavy (non-hydrogen) atoms. The first-order valence-electron chi connectivity index (χ1n) is 7.78. The number of para-hydroxylation sites is 1. The van der Waals surface area contributed by atoms with E-state index in [-0.39, 0.29) is 5.54 Å². The minimum absolute atomic E-state index is 0.362. The second-order valence-corrected chi connectivity index (χ2v) is 6.04. The van der Waals surface area contributed by atoms with Gasteiger partial charge in [-0.3, -0.25) is 5.32 Å². The van der Waals surface area contributed by atoms with Gasteiger partial charge in [0.25, 0.3) is 0 Å². The Hall–Kier alpha value is -1.53. The van der Waals surface area contributed by atoms with Crippen LogP contribution in [0.25, 0.3) is 0 Å². The van der Waals surface area contributed by atoms with Crippen LogP contribution >= 0.6 is 0 Å². The quantitative estimate of drug-likeness (QED) is 0.893. The lowest BCUT2D eigenvalue weighted by Crippen LogP contribution is -2.55. The van der Waals surface area contributed by atoms with Crippen molar-refractivity contribution in [3.8, 4) is 6.07 Å². The van der Waals surface area contributed by atoms with Gasteiger partial charge in [-0.2, -0.15) is 5.26 Å². The zero-order valence-corrected chi connectivity index (χ0v) is 12.2. The second-order valence-electron chi connectivity index (χ2n) is 6.04. The maximum absolute atomic E-state index is 9.76. The highest BCUT2D eigenvalue weighted by Crippen LogP contribution is 2.41. The Labute approximate surface area is 121 Å². The molecule has 1 aromatic carbocycles. The number of nitrogens with one attached hydrogen (secondary N) is 1. The molecule has 3 heteroatoms. The summed E-state index contributed by atoms with van der Waals surface area (Å²) in [6, 6.07) is 11.3. The first-order valence-corrected chi connectivity index (χ1v) is 7.78. The lowest BCUT2D eigenvalue weighted by molar-refractivity contribution is 0.369. The molecule has 0 saturated heterocycles. The molecule has 1 saturated carbocycles. The third-order valence-corrected chi connectivity index (χ3v) is 4.61. The van der Waals surface area contributed by atoms with Crippen molar-refractivity contribution in [2.75, 3.05) is 24.5 Å². The molecule has 0 amide bonds. The van der Waals surface area contributed by atoms with E-state index < -0.39 is 0 Å². The molecule has 3 rings (SSSR count). The second kappa shape index (κ2) is 5.46. The average Bonchev–Trinajstić information content (AvgIpc) is 3.32. The summed E-state index contributed by atoms with van der Waals surface area (Å²) in [5.41, 5.74) is 2.40. The Bertz CT molecular complexity index is 515. The fraction of sp³-hybridized carbons (Fsp3) is 0.588. The molecule has 0 aromatic heterocycles. The Kier molecular flexibility index (Phi) is 3.67. The molecule has 0 bridgehead atoms. The summed E-state index contributed by atoms with van der Waals surface area (Å²) in [5.74, 6) is 0.529. The van der Waals surface area contributed by atoms with Gasteiger partial charge in [0.15, 0.2) is 0 Å². The van der Waals surface area contributed by atoms with Crippen LogP contribution in [0.2, 0.25) is 0 Å². The predicted octanol–water partition coefficient (Wildman–Crippen LogP) is 2.72. The van der Waals surface area contributed by atoms with Crippen LogP contribution in [-0.2, 0) is 6.42 Å². The molecule has 1 fully saturated rings. The molecular weight excluding hydrogens is 246 g/mol. The van der Waals surface area contributed by atoms with Crippen LogP contribution < -0.4 is 10.2 Å². The van der Waals surface area contributed by atoms with Crippen molar-refractivity contribution in [2.24, 2.45) is 5.92 Å². The van der Waals surface area contributed by atoms with E-state index >= 15 is 0 Å². The summed E-state index contributed by atoms with van der Waals surface area (Å²) in [5, 5.41) is 13.2. The smallest absolute Gasteiger partial charge is 0.127 e. The summed E-state index contributed by atoms with van der Waals surface area (Å²) in [4.78, 5) is 2.42. The van der Waals surface area contributed by atoms with Crippen molar-refractivity contribution in [3.63, 3.8) is 0 Å². The fourth-order valence-electron chi connectivity index (χ4n) is 3.46. The van der Waals surface area contributed by atoms with Crippen LogP contribution in [0.3, 0.4) is 0 Å². The Balaban J connectivity index is 1.85. The van der Waals surface area contributed by atoms with Gasteiger partial charge in [0.2, 0.25) is 0 Å². The highest BCUT2D eigenvalue weighted by atomic mass is 15.2. The molecule has 1 aliphatic carbocycles. The summed E-state index contributed by atoms with van der Waals surface area (Å²) in [7, 11) is 0. The predicted molar refractivity (Wildman–Crippen MR) is 81.7 cm³/mol. The standard InChI is InChI=1S/C17H23N3/c1-2-19-17(12-18,15-9-10-15)13-20-11-5-7-14-6-3-4-8-16(14)20/h3-4,6,8,15,19H,2,5,7,9-11,13H2,1H3. The highest BCUT2D eigenvalue weighted by molar-refractivity contribution is 5.56. The Morgan fingerprint density at radius 1 is 1.40 bits per heavy atom. The van der Waals surface area contributed by atoms with Gasteiger partial charge in [-0.05, 0) is 49.8 Å². The van der Waals surface area contributed by atoms with Crippen molar-refractivity contribution in [3.05, 3.63) is 29.8 Å². The van der Waals surface area contributed by atoms with E-state index in [0.29, 0.717) is 5.92 Å². The number of rotatable bonds is 5. The van der Waals surface area contributed by atoms with Crippen molar-refractivity contribution < 1.29 is 0 Å². The molecule has 1 unspecified atom stereocenters. The highest BCUT2D eigenvalue weighted by Gasteiger charge is 2.46. The van der Waals surface area contributed by atoms with E-state index in [1.54, 1.807) is 0 Å². The van der Waals surface area contributed by atoms with Crippen molar-refractivity contribution in [1.82, 2.24) is 5.32 Å². The lowest BCUT2D eigenvalue weighted by atomic mass is 9.92. The summed E-state index contributed by atoms with van der Waals surface area (Å²) >= 11 is 0. The van der Waals surface area contributed by atoms with Crippen molar-refractivity contribution in [2.45, 2.75) is 38.1 Å². The largest absolute Gasteiger partial charge is 0.368 e. The Morgan fingerprint density at radius 2 is 2.20 bits per heavy atom. The average molecular weight is 269 g/mol. The van der Waals surface area contributed by atoms with Gasteiger partial charge in [-0.25, -0.2) is 0 Å². The SMILES string of the molecule is CCNC(C#N)(CN1CCCc2ccccc21)C1CC1. The van der Waals surface area contributed by atoms with Gasteiger partial charge in [0.05, 0.1) is 6.07 Å². The number of aryl methyl sites for hydroxylation is 1. The van der Waals surface area contributed by atoms with E-state index in [0.717, 1.165) is 26.1 Å². The van der Waals surface area contributed by atoms with Gasteiger partial charge < -0.3 is 4.90 Å². The topological polar surface area (TPSA) is 39.1 Å². The van der Waals surface area contributed by atoms with Gasteiger partial charge in [-0.15, -0.1) is 0 Å². The van der Waals surface area contributed by atoms with Gasteiger partial charge in [0.1, 0.15) is 5.54 Å². The minimum atomic E-state index is -0.362. The van der Waals surface area contributed by atoms with Crippen molar-refractivity contribution >= 4 is 5.69 Å². The van der Waals surface area contributed by atoms with E-state index in [9.17, 15) is 5.26 Å². The molecule has 0 radical (unpaired) electrons. The van der Waals surface area contributed by atoms with E-state index in [2.05, 4.69) is 47.5 Å². The fourth-order valence-corrected chi connectivity index (χ4v) is 3.46. The van der Waals surface area contributed by atoms with E-state index in [1.165, 1.54) is 30.5 Å². The summed E-state index contributed by atoms with van der Waals surface area (Å²) in [6.07, 6.45) is 4.73. The molecule has 3 nitrogen and oxygen atoms in total. The maximum Gasteiger partial charge on any atom is 0.127 e. The van der Waals surface area contributed by atoms with Crippen LogP contribution in [-0.4, -0.2) is 25.2 Å². The number of nitrogens with zero attached hydrogens (tertiary/aromatic N) is 2. The monoisotopic (exact) mass is 269 g/mol. The van der Waals surface area contributed by atoms with Crippen LogP contribution in [0, 0.1) is 17.2 Å². The normalized spacial score (nSPS) is 20.9. The molecule has 1 N–H and O–H groups in total. The lowest BCUT2D eigenvalue weighted by Gasteiger charge is -2.38. The molecule has 2 aliphatic rings. The van der Waals surface area contributed by atoms with Crippen molar-refractivity contribution in [1.29, 1.82) is 5.26 Å². The van der Waals surface area contributed by atoms with Crippen LogP contribution in [0.4, 0.5) is 5.69 Å². The molecule has 1 aromatic rings.